The SMILES string of the molecule is CC(=O)Nc1ccc(NC(=O)[C@H]2[C@H]3CC[C@@H](C3)[C@@H]2C(=O)[O-])cc1. The number of rotatable bonds is 4. The van der Waals surface area contributed by atoms with Gasteiger partial charge < -0.3 is 20.5 Å². The van der Waals surface area contributed by atoms with E-state index in [4.69, 9.17) is 0 Å². The molecule has 23 heavy (non-hydrogen) atoms. The van der Waals surface area contributed by atoms with Gasteiger partial charge in [-0.3, -0.25) is 9.59 Å². The van der Waals surface area contributed by atoms with Crippen LogP contribution in [-0.2, 0) is 14.4 Å². The number of aliphatic carboxylic acids is 1. The molecule has 0 radical (unpaired) electrons. The lowest BCUT2D eigenvalue weighted by Gasteiger charge is -2.30. The lowest BCUT2D eigenvalue weighted by molar-refractivity contribution is -0.314. The van der Waals surface area contributed by atoms with Crippen molar-refractivity contribution in [1.82, 2.24) is 0 Å². The Morgan fingerprint density at radius 2 is 1.48 bits per heavy atom. The van der Waals surface area contributed by atoms with E-state index in [-0.39, 0.29) is 23.7 Å². The summed E-state index contributed by atoms with van der Waals surface area (Å²) >= 11 is 0. The molecule has 2 N–H and O–H groups in total. The largest absolute Gasteiger partial charge is 0.550 e. The van der Waals surface area contributed by atoms with Gasteiger partial charge in [0.15, 0.2) is 0 Å². The molecule has 2 aliphatic rings. The number of carbonyl (C=O) groups is 3. The molecule has 2 bridgehead atoms. The molecule has 3 rings (SSSR count). The van der Waals surface area contributed by atoms with Crippen molar-refractivity contribution in [3.05, 3.63) is 24.3 Å². The maximum Gasteiger partial charge on any atom is 0.228 e. The molecule has 2 aliphatic carbocycles. The van der Waals surface area contributed by atoms with Crippen molar-refractivity contribution in [2.75, 3.05) is 10.6 Å². The zero-order valence-corrected chi connectivity index (χ0v) is 12.9. The lowest BCUT2D eigenvalue weighted by Crippen LogP contribution is -2.43. The molecule has 0 heterocycles. The van der Waals surface area contributed by atoms with Gasteiger partial charge in [-0.1, -0.05) is 0 Å². The summed E-state index contributed by atoms with van der Waals surface area (Å²) in [5, 5.41) is 16.8. The highest BCUT2D eigenvalue weighted by Crippen LogP contribution is 2.52. The topological polar surface area (TPSA) is 98.3 Å². The molecule has 6 nitrogen and oxygen atoms in total. The molecule has 1 aromatic rings. The summed E-state index contributed by atoms with van der Waals surface area (Å²) < 4.78 is 0. The molecule has 0 saturated heterocycles. The maximum atomic E-state index is 12.5. The van der Waals surface area contributed by atoms with Crippen LogP contribution in [-0.4, -0.2) is 17.8 Å². The first-order chi connectivity index (χ1) is 11.0. The summed E-state index contributed by atoms with van der Waals surface area (Å²) in [5.74, 6) is -2.50. The van der Waals surface area contributed by atoms with Gasteiger partial charge in [0, 0.05) is 36.1 Å². The Balaban J connectivity index is 1.69. The van der Waals surface area contributed by atoms with Gasteiger partial charge in [-0.05, 0) is 55.4 Å². The van der Waals surface area contributed by atoms with E-state index < -0.39 is 17.8 Å². The molecule has 122 valence electrons. The number of amides is 2. The van der Waals surface area contributed by atoms with Gasteiger partial charge in [0.25, 0.3) is 0 Å². The second-order valence-corrected chi connectivity index (χ2v) is 6.45. The Labute approximate surface area is 134 Å². The van der Waals surface area contributed by atoms with E-state index in [9.17, 15) is 19.5 Å². The van der Waals surface area contributed by atoms with Gasteiger partial charge in [0.1, 0.15) is 0 Å². The van der Waals surface area contributed by atoms with Gasteiger partial charge in [0.05, 0.1) is 0 Å². The van der Waals surface area contributed by atoms with Crippen LogP contribution in [0.3, 0.4) is 0 Å². The predicted molar refractivity (Wildman–Crippen MR) is 82.2 cm³/mol. The highest BCUT2D eigenvalue weighted by molar-refractivity contribution is 5.96. The van der Waals surface area contributed by atoms with Crippen LogP contribution in [0.15, 0.2) is 24.3 Å². The first-order valence-electron chi connectivity index (χ1n) is 7.85. The molecular weight excluding hydrogens is 296 g/mol. The summed E-state index contributed by atoms with van der Waals surface area (Å²) in [5.41, 5.74) is 1.23. The molecule has 4 atom stereocenters. The Hall–Kier alpha value is -2.37. The van der Waals surface area contributed by atoms with Crippen molar-refractivity contribution >= 4 is 29.2 Å². The molecule has 1 aromatic carbocycles. The van der Waals surface area contributed by atoms with Crippen LogP contribution in [0, 0.1) is 23.7 Å². The summed E-state index contributed by atoms with van der Waals surface area (Å²) in [6.07, 6.45) is 2.59. The first kappa shape index (κ1) is 15.5. The normalized spacial score (nSPS) is 28.4. The van der Waals surface area contributed by atoms with Crippen molar-refractivity contribution in [3.8, 4) is 0 Å². The fourth-order valence-electron chi connectivity index (χ4n) is 4.07. The van der Waals surface area contributed by atoms with E-state index >= 15 is 0 Å². The molecule has 6 heteroatoms. The van der Waals surface area contributed by atoms with Gasteiger partial charge in [-0.15, -0.1) is 0 Å². The van der Waals surface area contributed by atoms with Crippen LogP contribution >= 0.6 is 0 Å². The monoisotopic (exact) mass is 315 g/mol. The standard InChI is InChI=1S/C17H20N2O4/c1-9(20)18-12-4-6-13(7-5-12)19-16(21)14-10-2-3-11(8-10)15(14)17(22)23/h4-7,10-11,14-15H,2-3,8H2,1H3,(H,18,20)(H,19,21)(H,22,23)/p-1/t10-,11-,14-,15-/m0/s1. The molecule has 0 aliphatic heterocycles. The van der Waals surface area contributed by atoms with Gasteiger partial charge >= 0.3 is 0 Å². The summed E-state index contributed by atoms with van der Waals surface area (Å²) in [4.78, 5) is 34.9. The third kappa shape index (κ3) is 3.06. The van der Waals surface area contributed by atoms with Crippen LogP contribution in [0.25, 0.3) is 0 Å². The number of benzene rings is 1. The Bertz CT molecular complexity index is 640. The van der Waals surface area contributed by atoms with Crippen LogP contribution in [0.5, 0.6) is 0 Å². The van der Waals surface area contributed by atoms with E-state index in [1.165, 1.54) is 6.92 Å². The number of nitrogens with one attached hydrogen (secondary N) is 2. The van der Waals surface area contributed by atoms with Crippen molar-refractivity contribution in [2.45, 2.75) is 26.2 Å². The minimum Gasteiger partial charge on any atom is -0.550 e. The van der Waals surface area contributed by atoms with Crippen LogP contribution < -0.4 is 15.7 Å². The Morgan fingerprint density at radius 3 is 2.00 bits per heavy atom. The molecule has 0 unspecified atom stereocenters. The smallest absolute Gasteiger partial charge is 0.228 e. The predicted octanol–water partition coefficient (Wildman–Crippen LogP) is 0.996. The average molecular weight is 315 g/mol. The molecule has 2 amide bonds. The average Bonchev–Trinajstić information content (AvgIpc) is 3.09. The minimum absolute atomic E-state index is 0.0721. The second-order valence-electron chi connectivity index (χ2n) is 6.45. The van der Waals surface area contributed by atoms with Crippen LogP contribution in [0.4, 0.5) is 11.4 Å². The van der Waals surface area contributed by atoms with E-state index in [0.29, 0.717) is 11.4 Å². The van der Waals surface area contributed by atoms with E-state index in [1.807, 2.05) is 0 Å². The molecule has 0 spiro atoms. The second kappa shape index (κ2) is 6.02. The quantitative estimate of drug-likeness (QED) is 0.866. The lowest BCUT2D eigenvalue weighted by atomic mass is 9.78. The van der Waals surface area contributed by atoms with E-state index in [2.05, 4.69) is 10.6 Å². The van der Waals surface area contributed by atoms with Crippen molar-refractivity contribution < 1.29 is 19.5 Å². The number of carboxylic acid groups (broad SMARTS) is 1. The Morgan fingerprint density at radius 1 is 0.957 bits per heavy atom. The van der Waals surface area contributed by atoms with Crippen molar-refractivity contribution in [1.29, 1.82) is 0 Å². The highest BCUT2D eigenvalue weighted by atomic mass is 16.4. The first-order valence-corrected chi connectivity index (χ1v) is 7.85. The van der Waals surface area contributed by atoms with E-state index in [1.54, 1.807) is 24.3 Å². The molecular formula is C17H19N2O4-. The van der Waals surface area contributed by atoms with Gasteiger partial charge in [-0.2, -0.15) is 0 Å². The summed E-state index contributed by atoms with van der Waals surface area (Å²) in [6.45, 7) is 1.42. The number of fused-ring (bicyclic) bond motifs is 2. The van der Waals surface area contributed by atoms with Crippen LogP contribution in [0.2, 0.25) is 0 Å². The molecule has 2 fully saturated rings. The van der Waals surface area contributed by atoms with E-state index in [0.717, 1.165) is 19.3 Å². The fourth-order valence-corrected chi connectivity index (χ4v) is 4.07. The van der Waals surface area contributed by atoms with Gasteiger partial charge in [0.2, 0.25) is 11.8 Å². The highest BCUT2D eigenvalue weighted by Gasteiger charge is 2.51. The fraction of sp³-hybridized carbons (Fsp3) is 0.471. The van der Waals surface area contributed by atoms with Gasteiger partial charge in [-0.25, -0.2) is 0 Å². The van der Waals surface area contributed by atoms with Crippen molar-refractivity contribution in [3.63, 3.8) is 0 Å². The minimum atomic E-state index is -1.11. The molecule has 0 aromatic heterocycles. The zero-order valence-electron chi connectivity index (χ0n) is 12.9. The third-order valence-electron chi connectivity index (χ3n) is 4.96. The summed E-state index contributed by atoms with van der Waals surface area (Å²) in [7, 11) is 0. The zero-order chi connectivity index (χ0) is 16.6. The maximum absolute atomic E-state index is 12.5. The number of carboxylic acids is 1. The number of hydrogen-bond acceptors (Lipinski definition) is 4. The number of hydrogen-bond donors (Lipinski definition) is 2. The number of carbonyl (C=O) groups excluding carboxylic acids is 3. The Kier molecular flexibility index (Phi) is 4.07. The van der Waals surface area contributed by atoms with Crippen LogP contribution in [0.1, 0.15) is 26.2 Å². The van der Waals surface area contributed by atoms with Crippen molar-refractivity contribution in [2.24, 2.45) is 23.7 Å². The molecule has 2 saturated carbocycles. The summed E-state index contributed by atoms with van der Waals surface area (Å²) in [6, 6.07) is 6.75. The third-order valence-corrected chi connectivity index (χ3v) is 4.96. The number of anilines is 2.